The van der Waals surface area contributed by atoms with E-state index in [9.17, 15) is 19.8 Å². The average Bonchev–Trinajstić information content (AvgIpc) is 2.56. The van der Waals surface area contributed by atoms with Crippen molar-refractivity contribution in [1.29, 1.82) is 0 Å². The Labute approximate surface area is 127 Å². The van der Waals surface area contributed by atoms with Gasteiger partial charge in [-0.15, -0.1) is 0 Å². The molecule has 1 rings (SSSR count). The molecule has 2 unspecified atom stereocenters. The quantitative estimate of drug-likeness (QED) is 0.431. The number of ether oxygens (including phenoxy) is 2. The van der Waals surface area contributed by atoms with Crippen LogP contribution in [-0.2, 0) is 9.47 Å². The number of rotatable bonds is 8. The normalized spacial score (nSPS) is 13.3. The van der Waals surface area contributed by atoms with Crippen molar-refractivity contribution in [2.24, 2.45) is 11.5 Å². The minimum Gasteiger partial charge on any atom is -0.459 e. The molecule has 0 amide bonds. The largest absolute Gasteiger partial charge is 0.459 e. The molecule has 0 aromatic heterocycles. The fourth-order valence-electron chi connectivity index (χ4n) is 1.39. The second-order valence-corrected chi connectivity index (χ2v) is 4.55. The molecule has 1 aromatic rings. The smallest absolute Gasteiger partial charge is 0.338 e. The molecule has 6 N–H and O–H groups in total. The van der Waals surface area contributed by atoms with Crippen LogP contribution in [0.15, 0.2) is 24.3 Å². The summed E-state index contributed by atoms with van der Waals surface area (Å²) in [4.78, 5) is 23.3. The van der Waals surface area contributed by atoms with Gasteiger partial charge in [-0.25, -0.2) is 9.59 Å². The fraction of sp³-hybridized carbons (Fsp3) is 0.429. The zero-order valence-corrected chi connectivity index (χ0v) is 12.0. The summed E-state index contributed by atoms with van der Waals surface area (Å²) >= 11 is 0. The van der Waals surface area contributed by atoms with Crippen molar-refractivity contribution in [3.63, 3.8) is 0 Å². The SMILES string of the molecule is NCC(O)COC(=O)c1ccc(C(=O)OCC(O)CN)cc1. The second-order valence-electron chi connectivity index (χ2n) is 4.55. The molecular formula is C14H20N2O6. The number of nitrogens with two attached hydrogens (primary N) is 2. The third kappa shape index (κ3) is 5.78. The molecule has 122 valence electrons. The Bertz CT molecular complexity index is 446. The monoisotopic (exact) mass is 312 g/mol. The molecule has 8 heteroatoms. The maximum Gasteiger partial charge on any atom is 0.338 e. The number of aliphatic hydroxyl groups excluding tert-OH is 2. The molecule has 0 saturated carbocycles. The summed E-state index contributed by atoms with van der Waals surface area (Å²) in [5.41, 5.74) is 10.8. The molecule has 0 saturated heterocycles. The predicted molar refractivity (Wildman–Crippen MR) is 77.1 cm³/mol. The van der Waals surface area contributed by atoms with Gasteiger partial charge in [0.05, 0.1) is 11.1 Å². The van der Waals surface area contributed by atoms with E-state index < -0.39 is 24.1 Å². The highest BCUT2D eigenvalue weighted by atomic mass is 16.5. The summed E-state index contributed by atoms with van der Waals surface area (Å²) < 4.78 is 9.69. The highest BCUT2D eigenvalue weighted by molar-refractivity contribution is 5.93. The van der Waals surface area contributed by atoms with Crippen LogP contribution in [0.1, 0.15) is 20.7 Å². The molecule has 1 aromatic carbocycles. The number of esters is 2. The summed E-state index contributed by atoms with van der Waals surface area (Å²) in [5.74, 6) is -1.27. The molecule has 8 nitrogen and oxygen atoms in total. The third-order valence-corrected chi connectivity index (χ3v) is 2.71. The molecule has 2 atom stereocenters. The van der Waals surface area contributed by atoms with E-state index >= 15 is 0 Å². The van der Waals surface area contributed by atoms with Crippen LogP contribution in [0.4, 0.5) is 0 Å². The number of carbonyl (C=O) groups is 2. The van der Waals surface area contributed by atoms with E-state index in [1.165, 1.54) is 24.3 Å². The number of hydrogen-bond acceptors (Lipinski definition) is 8. The summed E-state index contributed by atoms with van der Waals surface area (Å²) in [7, 11) is 0. The Kier molecular flexibility index (Phi) is 7.47. The number of carbonyl (C=O) groups excluding carboxylic acids is 2. The van der Waals surface area contributed by atoms with Crippen LogP contribution in [0.2, 0.25) is 0 Å². The van der Waals surface area contributed by atoms with E-state index in [4.69, 9.17) is 20.9 Å². The minimum absolute atomic E-state index is 0.00723. The highest BCUT2D eigenvalue weighted by Gasteiger charge is 2.13. The van der Waals surface area contributed by atoms with Crippen molar-refractivity contribution in [2.75, 3.05) is 26.3 Å². The number of hydrogen-bond donors (Lipinski definition) is 4. The Hall–Kier alpha value is -2.00. The van der Waals surface area contributed by atoms with E-state index in [2.05, 4.69) is 0 Å². The summed E-state index contributed by atoms with van der Waals surface area (Å²) in [6.45, 7) is -0.411. The molecular weight excluding hydrogens is 292 g/mol. The van der Waals surface area contributed by atoms with Gasteiger partial charge in [0.15, 0.2) is 0 Å². The Balaban J connectivity index is 2.55. The highest BCUT2D eigenvalue weighted by Crippen LogP contribution is 2.08. The van der Waals surface area contributed by atoms with E-state index in [0.29, 0.717) is 0 Å². The van der Waals surface area contributed by atoms with Crippen molar-refractivity contribution < 1.29 is 29.3 Å². The van der Waals surface area contributed by atoms with Crippen LogP contribution < -0.4 is 11.5 Å². The molecule has 0 bridgehead atoms. The lowest BCUT2D eigenvalue weighted by Crippen LogP contribution is -2.27. The second kappa shape index (κ2) is 9.11. The molecule has 22 heavy (non-hydrogen) atoms. The average molecular weight is 312 g/mol. The van der Waals surface area contributed by atoms with Crippen molar-refractivity contribution >= 4 is 11.9 Å². The van der Waals surface area contributed by atoms with Gasteiger partial charge in [0.25, 0.3) is 0 Å². The van der Waals surface area contributed by atoms with Gasteiger partial charge in [0.1, 0.15) is 25.4 Å². The Morgan fingerprint density at radius 1 is 0.864 bits per heavy atom. The predicted octanol–water partition coefficient (Wildman–Crippen LogP) is -1.36. The van der Waals surface area contributed by atoms with Crippen LogP contribution in [-0.4, -0.2) is 60.7 Å². The summed E-state index contributed by atoms with van der Waals surface area (Å²) in [6, 6.07) is 5.58. The van der Waals surface area contributed by atoms with Gasteiger partial charge in [0.2, 0.25) is 0 Å². The zero-order chi connectivity index (χ0) is 16.5. The van der Waals surface area contributed by atoms with Crippen molar-refractivity contribution in [3.05, 3.63) is 35.4 Å². The van der Waals surface area contributed by atoms with Crippen LogP contribution in [0.25, 0.3) is 0 Å². The first-order valence-electron chi connectivity index (χ1n) is 6.68. The topological polar surface area (TPSA) is 145 Å². The van der Waals surface area contributed by atoms with E-state index in [-0.39, 0.29) is 37.4 Å². The van der Waals surface area contributed by atoms with Gasteiger partial charge in [-0.05, 0) is 24.3 Å². The van der Waals surface area contributed by atoms with E-state index in [1.54, 1.807) is 0 Å². The lowest BCUT2D eigenvalue weighted by molar-refractivity contribution is 0.0269. The van der Waals surface area contributed by atoms with Crippen molar-refractivity contribution in [2.45, 2.75) is 12.2 Å². The maximum absolute atomic E-state index is 11.7. The van der Waals surface area contributed by atoms with Crippen LogP contribution >= 0.6 is 0 Å². The summed E-state index contributed by atoms with van der Waals surface area (Å²) in [5, 5.41) is 18.4. The van der Waals surface area contributed by atoms with Gasteiger partial charge in [-0.3, -0.25) is 0 Å². The van der Waals surface area contributed by atoms with E-state index in [0.717, 1.165) is 0 Å². The Morgan fingerprint density at radius 3 is 1.45 bits per heavy atom. The first-order chi connectivity index (χ1) is 10.5. The van der Waals surface area contributed by atoms with Crippen LogP contribution in [0, 0.1) is 0 Å². The zero-order valence-electron chi connectivity index (χ0n) is 12.0. The number of aliphatic hydroxyl groups is 2. The molecule has 0 aliphatic carbocycles. The van der Waals surface area contributed by atoms with Crippen molar-refractivity contribution in [3.8, 4) is 0 Å². The third-order valence-electron chi connectivity index (χ3n) is 2.71. The molecule has 0 aliphatic heterocycles. The molecule has 0 spiro atoms. The van der Waals surface area contributed by atoms with Gasteiger partial charge < -0.3 is 31.2 Å². The first kappa shape index (κ1) is 18.1. The molecule has 0 heterocycles. The van der Waals surface area contributed by atoms with Gasteiger partial charge in [-0.2, -0.15) is 0 Å². The minimum atomic E-state index is -0.910. The van der Waals surface area contributed by atoms with Crippen molar-refractivity contribution in [1.82, 2.24) is 0 Å². The number of benzene rings is 1. The fourth-order valence-corrected chi connectivity index (χ4v) is 1.39. The molecule has 0 radical (unpaired) electrons. The standard InChI is InChI=1S/C14H20N2O6/c15-5-11(17)7-21-13(19)9-1-2-10(4-3-9)14(20)22-8-12(18)6-16/h1-4,11-12,17-18H,5-8,15-16H2. The van der Waals surface area contributed by atoms with E-state index in [1.807, 2.05) is 0 Å². The maximum atomic E-state index is 11.7. The van der Waals surface area contributed by atoms with Crippen LogP contribution in [0.5, 0.6) is 0 Å². The van der Waals surface area contributed by atoms with Crippen LogP contribution in [0.3, 0.4) is 0 Å². The molecule has 0 fully saturated rings. The lowest BCUT2D eigenvalue weighted by atomic mass is 10.1. The lowest BCUT2D eigenvalue weighted by Gasteiger charge is -2.10. The van der Waals surface area contributed by atoms with Gasteiger partial charge >= 0.3 is 11.9 Å². The Morgan fingerprint density at radius 2 is 1.18 bits per heavy atom. The van der Waals surface area contributed by atoms with Gasteiger partial charge in [0, 0.05) is 13.1 Å². The molecule has 0 aliphatic rings. The summed E-state index contributed by atoms with van der Waals surface area (Å²) in [6.07, 6.45) is -1.82. The van der Waals surface area contributed by atoms with Gasteiger partial charge in [-0.1, -0.05) is 0 Å². The first-order valence-corrected chi connectivity index (χ1v) is 6.68.